The van der Waals surface area contributed by atoms with Crippen LogP contribution in [0, 0.1) is 0 Å². The van der Waals surface area contributed by atoms with Crippen molar-refractivity contribution in [3.05, 3.63) is 83.9 Å². The average molecular weight is 320 g/mol. The molecule has 23 heavy (non-hydrogen) atoms. The van der Waals surface area contributed by atoms with Crippen molar-refractivity contribution in [2.75, 3.05) is 0 Å². The van der Waals surface area contributed by atoms with E-state index in [0.29, 0.717) is 11.3 Å². The lowest BCUT2D eigenvalue weighted by molar-refractivity contribution is 0.0698. The molecular weight excluding hydrogens is 304 g/mol. The first-order valence-electron chi connectivity index (χ1n) is 7.32. The van der Waals surface area contributed by atoms with Gasteiger partial charge in [-0.25, -0.2) is 4.79 Å². The first-order chi connectivity index (χ1) is 11.2. The Hall–Kier alpha value is -2.52. The van der Waals surface area contributed by atoms with Gasteiger partial charge in [0.15, 0.2) is 0 Å². The molecule has 114 valence electrons. The number of carbonyl (C=O) groups is 1. The van der Waals surface area contributed by atoms with Gasteiger partial charge in [-0.1, -0.05) is 60.7 Å². The fraction of sp³-hybridized carbons (Fsp3) is 0.0500. The van der Waals surface area contributed by atoms with Crippen LogP contribution in [0.2, 0.25) is 0 Å². The van der Waals surface area contributed by atoms with Crippen LogP contribution >= 0.6 is 12.6 Å². The lowest BCUT2D eigenvalue weighted by Crippen LogP contribution is -2.04. The quantitative estimate of drug-likeness (QED) is 0.652. The minimum absolute atomic E-state index is 0.327. The smallest absolute Gasteiger partial charge is 0.336 e. The summed E-state index contributed by atoms with van der Waals surface area (Å²) in [5, 5.41) is 9.81. The van der Waals surface area contributed by atoms with Crippen molar-refractivity contribution in [3.63, 3.8) is 0 Å². The first-order valence-corrected chi connectivity index (χ1v) is 7.96. The summed E-state index contributed by atoms with van der Waals surface area (Å²) in [5.41, 5.74) is 4.56. The summed E-state index contributed by atoms with van der Waals surface area (Å²) in [7, 11) is 0. The molecule has 0 heterocycles. The lowest BCUT2D eigenvalue weighted by atomic mass is 9.90. The zero-order valence-corrected chi connectivity index (χ0v) is 13.3. The van der Waals surface area contributed by atoms with Gasteiger partial charge in [-0.3, -0.25) is 0 Å². The van der Waals surface area contributed by atoms with Crippen LogP contribution in [0.5, 0.6) is 0 Å². The second-order valence-electron chi connectivity index (χ2n) is 5.26. The Labute approximate surface area is 140 Å². The fourth-order valence-corrected chi connectivity index (χ4v) is 2.90. The van der Waals surface area contributed by atoms with E-state index in [1.54, 1.807) is 0 Å². The van der Waals surface area contributed by atoms with Gasteiger partial charge in [-0.2, -0.15) is 12.6 Å². The molecule has 0 saturated carbocycles. The van der Waals surface area contributed by atoms with Crippen molar-refractivity contribution in [3.8, 4) is 22.3 Å². The van der Waals surface area contributed by atoms with E-state index in [1.807, 2.05) is 72.8 Å². The van der Waals surface area contributed by atoms with Crippen molar-refractivity contribution in [1.29, 1.82) is 0 Å². The molecule has 3 heteroatoms. The third-order valence-corrected chi connectivity index (χ3v) is 4.13. The predicted octanol–water partition coefficient (Wildman–Crippen LogP) is 5.15. The summed E-state index contributed by atoms with van der Waals surface area (Å²) in [4.78, 5) is 12.0. The largest absolute Gasteiger partial charge is 0.478 e. The summed E-state index contributed by atoms with van der Waals surface area (Å²) in [6, 6.07) is 23.0. The molecule has 0 amide bonds. The molecule has 0 spiro atoms. The van der Waals surface area contributed by atoms with Gasteiger partial charge in [-0.05, 0) is 39.9 Å². The number of thiol groups is 1. The van der Waals surface area contributed by atoms with E-state index >= 15 is 0 Å². The molecule has 0 bridgehead atoms. The molecule has 0 radical (unpaired) electrons. The Morgan fingerprint density at radius 3 is 1.61 bits per heavy atom. The maximum atomic E-state index is 12.0. The molecule has 0 fully saturated rings. The number of aromatic carboxylic acids is 1. The van der Waals surface area contributed by atoms with E-state index in [2.05, 4.69) is 12.6 Å². The standard InChI is InChI=1S/C20H16O2S/c21-20(22)19-17(15-7-3-1-4-8-15)11-14(13-23)12-18(19)16-9-5-2-6-10-16/h1-12,23H,13H2,(H,21,22). The molecule has 3 rings (SSSR count). The average Bonchev–Trinajstić information content (AvgIpc) is 2.62. The van der Waals surface area contributed by atoms with Crippen LogP contribution in [0.15, 0.2) is 72.8 Å². The van der Waals surface area contributed by atoms with Gasteiger partial charge < -0.3 is 5.11 Å². The normalized spacial score (nSPS) is 10.5. The zero-order valence-electron chi connectivity index (χ0n) is 12.4. The van der Waals surface area contributed by atoms with Gasteiger partial charge in [0, 0.05) is 5.75 Å². The van der Waals surface area contributed by atoms with Crippen molar-refractivity contribution in [2.45, 2.75) is 5.75 Å². The summed E-state index contributed by atoms with van der Waals surface area (Å²) in [6.07, 6.45) is 0. The predicted molar refractivity (Wildman–Crippen MR) is 97.0 cm³/mol. The highest BCUT2D eigenvalue weighted by Gasteiger charge is 2.19. The van der Waals surface area contributed by atoms with Crippen LogP contribution in [-0.4, -0.2) is 11.1 Å². The second-order valence-corrected chi connectivity index (χ2v) is 5.58. The van der Waals surface area contributed by atoms with Gasteiger partial charge in [0.1, 0.15) is 0 Å². The maximum Gasteiger partial charge on any atom is 0.336 e. The Bertz CT molecular complexity index is 766. The highest BCUT2D eigenvalue weighted by molar-refractivity contribution is 7.79. The third-order valence-electron chi connectivity index (χ3n) is 3.76. The van der Waals surface area contributed by atoms with Crippen molar-refractivity contribution >= 4 is 18.6 Å². The van der Waals surface area contributed by atoms with Crippen LogP contribution in [0.3, 0.4) is 0 Å². The second kappa shape index (κ2) is 6.71. The van der Waals surface area contributed by atoms with Crippen LogP contribution in [0.25, 0.3) is 22.3 Å². The van der Waals surface area contributed by atoms with Crippen molar-refractivity contribution in [1.82, 2.24) is 0 Å². The fourth-order valence-electron chi connectivity index (χ4n) is 2.71. The van der Waals surface area contributed by atoms with E-state index in [0.717, 1.165) is 27.8 Å². The number of carboxylic acids is 1. The molecule has 3 aromatic carbocycles. The highest BCUT2D eigenvalue weighted by Crippen LogP contribution is 2.34. The van der Waals surface area contributed by atoms with E-state index in [4.69, 9.17) is 0 Å². The summed E-state index contributed by atoms with van der Waals surface area (Å²) >= 11 is 4.37. The molecule has 3 aromatic rings. The summed E-state index contributed by atoms with van der Waals surface area (Å²) < 4.78 is 0. The van der Waals surface area contributed by atoms with E-state index < -0.39 is 5.97 Å². The van der Waals surface area contributed by atoms with Gasteiger partial charge in [0.05, 0.1) is 5.56 Å². The Morgan fingerprint density at radius 2 is 1.26 bits per heavy atom. The molecule has 0 saturated heterocycles. The first kappa shape index (κ1) is 15.4. The van der Waals surface area contributed by atoms with Crippen LogP contribution in [0.4, 0.5) is 0 Å². The molecule has 0 aromatic heterocycles. The number of benzene rings is 3. The van der Waals surface area contributed by atoms with Gasteiger partial charge in [0.25, 0.3) is 0 Å². The SMILES string of the molecule is O=C(O)c1c(-c2ccccc2)cc(CS)cc1-c1ccccc1. The number of hydrogen-bond donors (Lipinski definition) is 2. The zero-order chi connectivity index (χ0) is 16.2. The molecule has 0 atom stereocenters. The van der Waals surface area contributed by atoms with Crippen molar-refractivity contribution < 1.29 is 9.90 Å². The summed E-state index contributed by atoms with van der Waals surface area (Å²) in [6.45, 7) is 0. The highest BCUT2D eigenvalue weighted by atomic mass is 32.1. The van der Waals surface area contributed by atoms with Crippen LogP contribution < -0.4 is 0 Å². The Kier molecular flexibility index (Phi) is 4.49. The molecule has 0 aliphatic rings. The number of hydrogen-bond acceptors (Lipinski definition) is 2. The Morgan fingerprint density at radius 1 is 0.826 bits per heavy atom. The number of rotatable bonds is 4. The molecule has 0 aliphatic carbocycles. The molecular formula is C20H16O2S. The minimum Gasteiger partial charge on any atom is -0.478 e. The molecule has 2 nitrogen and oxygen atoms in total. The molecule has 1 N–H and O–H groups in total. The third kappa shape index (κ3) is 3.15. The Balaban J connectivity index is 2.33. The maximum absolute atomic E-state index is 12.0. The molecule has 0 unspecified atom stereocenters. The lowest BCUT2D eigenvalue weighted by Gasteiger charge is -2.15. The minimum atomic E-state index is -0.923. The van der Waals surface area contributed by atoms with E-state index in [-0.39, 0.29) is 0 Å². The molecule has 0 aliphatic heterocycles. The van der Waals surface area contributed by atoms with Gasteiger partial charge >= 0.3 is 5.97 Å². The summed E-state index contributed by atoms with van der Waals surface area (Å²) in [5.74, 6) is -0.368. The van der Waals surface area contributed by atoms with E-state index in [1.165, 1.54) is 0 Å². The van der Waals surface area contributed by atoms with Gasteiger partial charge in [-0.15, -0.1) is 0 Å². The van der Waals surface area contributed by atoms with Crippen LogP contribution in [-0.2, 0) is 5.75 Å². The van der Waals surface area contributed by atoms with Crippen molar-refractivity contribution in [2.24, 2.45) is 0 Å². The monoisotopic (exact) mass is 320 g/mol. The van der Waals surface area contributed by atoms with Gasteiger partial charge in [0.2, 0.25) is 0 Å². The number of carboxylic acid groups (broad SMARTS) is 1. The van der Waals surface area contributed by atoms with Crippen LogP contribution in [0.1, 0.15) is 15.9 Å². The van der Waals surface area contributed by atoms with E-state index in [9.17, 15) is 9.90 Å². The topological polar surface area (TPSA) is 37.3 Å².